The van der Waals surface area contributed by atoms with Crippen LogP contribution in [0.3, 0.4) is 0 Å². The van der Waals surface area contributed by atoms with E-state index in [0.29, 0.717) is 17.0 Å². The van der Waals surface area contributed by atoms with Crippen molar-refractivity contribution in [2.24, 2.45) is 0 Å². The number of carbonyl (C=O) groups is 1. The van der Waals surface area contributed by atoms with E-state index in [4.69, 9.17) is 10.00 Å². The van der Waals surface area contributed by atoms with E-state index in [1.165, 1.54) is 0 Å². The van der Waals surface area contributed by atoms with Gasteiger partial charge >= 0.3 is 0 Å². The summed E-state index contributed by atoms with van der Waals surface area (Å²) in [5, 5.41) is 11.4. The molecule has 4 nitrogen and oxygen atoms in total. The van der Waals surface area contributed by atoms with Crippen LogP contribution < -0.4 is 10.1 Å². The van der Waals surface area contributed by atoms with Crippen LogP contribution >= 0.6 is 11.8 Å². The van der Waals surface area contributed by atoms with Crippen LogP contribution in [0.5, 0.6) is 5.75 Å². The van der Waals surface area contributed by atoms with Gasteiger partial charge in [-0.1, -0.05) is 0 Å². The summed E-state index contributed by atoms with van der Waals surface area (Å²) in [6.45, 7) is -0.0569. The lowest BCUT2D eigenvalue weighted by atomic mass is 10.2. The summed E-state index contributed by atoms with van der Waals surface area (Å²) in [5.74, 6) is 0.413. The van der Waals surface area contributed by atoms with Crippen molar-refractivity contribution in [1.29, 1.82) is 5.26 Å². The molecule has 1 amide bonds. The minimum atomic E-state index is -0.242. The van der Waals surface area contributed by atoms with E-state index in [9.17, 15) is 4.79 Å². The zero-order valence-electron chi connectivity index (χ0n) is 11.5. The Morgan fingerprint density at radius 1 is 1.19 bits per heavy atom. The molecule has 2 rings (SSSR count). The highest BCUT2D eigenvalue weighted by atomic mass is 32.2. The molecule has 0 aromatic heterocycles. The van der Waals surface area contributed by atoms with Gasteiger partial charge in [-0.2, -0.15) is 5.26 Å². The Kier molecular flexibility index (Phi) is 5.24. The Hall–Kier alpha value is -2.45. The van der Waals surface area contributed by atoms with Crippen LogP contribution in [-0.2, 0) is 4.79 Å². The zero-order valence-corrected chi connectivity index (χ0v) is 12.3. The number of nitrogens with one attached hydrogen (secondary N) is 1. The molecule has 0 bridgehead atoms. The third-order valence-electron chi connectivity index (χ3n) is 2.73. The average molecular weight is 298 g/mol. The van der Waals surface area contributed by atoms with Crippen LogP contribution in [-0.4, -0.2) is 18.8 Å². The maximum Gasteiger partial charge on any atom is 0.262 e. The highest BCUT2D eigenvalue weighted by molar-refractivity contribution is 7.98. The van der Waals surface area contributed by atoms with Gasteiger partial charge in [0.05, 0.1) is 11.6 Å². The van der Waals surface area contributed by atoms with E-state index < -0.39 is 0 Å². The van der Waals surface area contributed by atoms with Crippen LogP contribution in [0, 0.1) is 11.3 Å². The monoisotopic (exact) mass is 298 g/mol. The first-order valence-corrected chi connectivity index (χ1v) is 7.50. The normalized spacial score (nSPS) is 9.71. The summed E-state index contributed by atoms with van der Waals surface area (Å²) in [4.78, 5) is 12.9. The van der Waals surface area contributed by atoms with Gasteiger partial charge in [0, 0.05) is 10.6 Å². The molecular formula is C16H14N2O2S. The van der Waals surface area contributed by atoms with E-state index in [0.717, 1.165) is 4.90 Å². The Labute approximate surface area is 127 Å². The second-order valence-electron chi connectivity index (χ2n) is 4.20. The third kappa shape index (κ3) is 4.55. The highest BCUT2D eigenvalue weighted by Crippen LogP contribution is 2.19. The lowest BCUT2D eigenvalue weighted by Gasteiger charge is -2.08. The molecule has 0 fully saturated rings. The van der Waals surface area contributed by atoms with E-state index >= 15 is 0 Å². The minimum absolute atomic E-state index is 0.0569. The summed E-state index contributed by atoms with van der Waals surface area (Å²) in [5.41, 5.74) is 1.19. The number of ether oxygens (including phenoxy) is 1. The molecule has 0 aliphatic heterocycles. The van der Waals surface area contributed by atoms with Crippen molar-refractivity contribution in [2.45, 2.75) is 4.90 Å². The Morgan fingerprint density at radius 3 is 2.43 bits per heavy atom. The number of thioether (sulfide) groups is 1. The van der Waals surface area contributed by atoms with Crippen LogP contribution in [0.4, 0.5) is 5.69 Å². The SMILES string of the molecule is CSc1ccc(OCC(=O)Nc2ccc(C#N)cc2)cc1. The molecular weight excluding hydrogens is 284 g/mol. The second-order valence-corrected chi connectivity index (χ2v) is 5.08. The van der Waals surface area contributed by atoms with Gasteiger partial charge in [-0.05, 0) is 54.8 Å². The molecule has 0 saturated heterocycles. The number of rotatable bonds is 5. The fraction of sp³-hybridized carbons (Fsp3) is 0.125. The fourth-order valence-electron chi connectivity index (χ4n) is 1.65. The quantitative estimate of drug-likeness (QED) is 0.860. The molecule has 0 atom stereocenters. The number of nitrogens with zero attached hydrogens (tertiary/aromatic N) is 1. The molecule has 5 heteroatoms. The van der Waals surface area contributed by atoms with E-state index in [1.54, 1.807) is 36.0 Å². The fourth-order valence-corrected chi connectivity index (χ4v) is 2.05. The predicted molar refractivity (Wildman–Crippen MR) is 83.5 cm³/mol. The van der Waals surface area contributed by atoms with Gasteiger partial charge in [0.2, 0.25) is 0 Å². The molecule has 0 unspecified atom stereocenters. The zero-order chi connectivity index (χ0) is 15.1. The van der Waals surface area contributed by atoms with Crippen molar-refractivity contribution in [1.82, 2.24) is 0 Å². The predicted octanol–water partition coefficient (Wildman–Crippen LogP) is 3.30. The first-order chi connectivity index (χ1) is 10.2. The summed E-state index contributed by atoms with van der Waals surface area (Å²) in [6, 6.07) is 16.2. The summed E-state index contributed by atoms with van der Waals surface area (Å²) in [6.07, 6.45) is 2.00. The number of anilines is 1. The van der Waals surface area contributed by atoms with Crippen molar-refractivity contribution in [2.75, 3.05) is 18.2 Å². The van der Waals surface area contributed by atoms with Gasteiger partial charge in [0.1, 0.15) is 5.75 Å². The number of amides is 1. The smallest absolute Gasteiger partial charge is 0.262 e. The standard InChI is InChI=1S/C16H14N2O2S/c1-21-15-8-6-14(7-9-15)20-11-16(19)18-13-4-2-12(10-17)3-5-13/h2-9H,11H2,1H3,(H,18,19). The van der Waals surface area contributed by atoms with Crippen LogP contribution in [0.15, 0.2) is 53.4 Å². The molecule has 1 N–H and O–H groups in total. The van der Waals surface area contributed by atoms with E-state index in [2.05, 4.69) is 5.32 Å². The van der Waals surface area contributed by atoms with Crippen LogP contribution in [0.25, 0.3) is 0 Å². The molecule has 0 aliphatic carbocycles. The van der Waals surface area contributed by atoms with Crippen molar-refractivity contribution in [3.8, 4) is 11.8 Å². The first-order valence-electron chi connectivity index (χ1n) is 6.28. The molecule has 0 radical (unpaired) electrons. The Bertz CT molecular complexity index is 645. The van der Waals surface area contributed by atoms with Gasteiger partial charge < -0.3 is 10.1 Å². The summed E-state index contributed by atoms with van der Waals surface area (Å²) in [7, 11) is 0. The topological polar surface area (TPSA) is 62.1 Å². The first kappa shape index (κ1) is 14.9. The molecule has 0 aliphatic rings. The number of benzene rings is 2. The van der Waals surface area contributed by atoms with Gasteiger partial charge in [-0.25, -0.2) is 0 Å². The Morgan fingerprint density at radius 2 is 1.86 bits per heavy atom. The van der Waals surface area contributed by atoms with Crippen LogP contribution in [0.1, 0.15) is 5.56 Å². The molecule has 2 aromatic carbocycles. The second kappa shape index (κ2) is 7.36. The third-order valence-corrected chi connectivity index (χ3v) is 3.47. The molecule has 2 aromatic rings. The maximum atomic E-state index is 11.8. The largest absolute Gasteiger partial charge is 0.484 e. The number of hydrogen-bond donors (Lipinski definition) is 1. The lowest BCUT2D eigenvalue weighted by Crippen LogP contribution is -2.20. The average Bonchev–Trinajstić information content (AvgIpc) is 2.54. The molecule has 106 valence electrons. The maximum absolute atomic E-state index is 11.8. The molecule has 0 saturated carbocycles. The Balaban J connectivity index is 1.85. The minimum Gasteiger partial charge on any atom is -0.484 e. The number of hydrogen-bond acceptors (Lipinski definition) is 4. The number of nitriles is 1. The number of carbonyl (C=O) groups excluding carboxylic acids is 1. The van der Waals surface area contributed by atoms with Gasteiger partial charge in [0.15, 0.2) is 6.61 Å². The summed E-state index contributed by atoms with van der Waals surface area (Å²) >= 11 is 1.65. The summed E-state index contributed by atoms with van der Waals surface area (Å²) < 4.78 is 5.41. The molecule has 0 spiro atoms. The van der Waals surface area contributed by atoms with E-state index in [1.807, 2.05) is 36.6 Å². The van der Waals surface area contributed by atoms with Crippen LogP contribution in [0.2, 0.25) is 0 Å². The van der Waals surface area contributed by atoms with E-state index in [-0.39, 0.29) is 12.5 Å². The van der Waals surface area contributed by atoms with Gasteiger partial charge in [-0.3, -0.25) is 4.79 Å². The van der Waals surface area contributed by atoms with Crippen molar-refractivity contribution in [3.63, 3.8) is 0 Å². The van der Waals surface area contributed by atoms with Crippen molar-refractivity contribution >= 4 is 23.4 Å². The molecule has 0 heterocycles. The lowest BCUT2D eigenvalue weighted by molar-refractivity contribution is -0.118. The van der Waals surface area contributed by atoms with Gasteiger partial charge in [0.25, 0.3) is 5.91 Å². The van der Waals surface area contributed by atoms with Crippen molar-refractivity contribution < 1.29 is 9.53 Å². The van der Waals surface area contributed by atoms with Gasteiger partial charge in [-0.15, -0.1) is 11.8 Å². The molecule has 21 heavy (non-hydrogen) atoms. The van der Waals surface area contributed by atoms with Crippen molar-refractivity contribution in [3.05, 3.63) is 54.1 Å². The highest BCUT2D eigenvalue weighted by Gasteiger charge is 2.04.